The molecule has 1 amide bonds. The molecule has 51 heavy (non-hydrogen) atoms. The quantitative estimate of drug-likeness (QED) is 0.123. The molecule has 0 spiro atoms. The highest BCUT2D eigenvalue weighted by Crippen LogP contribution is 2.42. The van der Waals surface area contributed by atoms with Gasteiger partial charge < -0.3 is 23.8 Å². The summed E-state index contributed by atoms with van der Waals surface area (Å²) in [5.74, 6) is -1.22. The second-order valence-corrected chi connectivity index (χ2v) is 12.9. The first-order chi connectivity index (χ1) is 24.5. The zero-order chi connectivity index (χ0) is 36.5. The predicted molar refractivity (Wildman–Crippen MR) is 184 cm³/mol. The topological polar surface area (TPSA) is 105 Å². The van der Waals surface area contributed by atoms with E-state index >= 15 is 0 Å². The maximum atomic E-state index is 14.4. The fourth-order valence-corrected chi connectivity index (χ4v) is 6.42. The Kier molecular flexibility index (Phi) is 12.5. The highest BCUT2D eigenvalue weighted by atomic mass is 19.4. The van der Waals surface area contributed by atoms with E-state index in [4.69, 9.17) is 18.9 Å². The first-order valence-electron chi connectivity index (χ1n) is 16.9. The minimum atomic E-state index is -4.76. The van der Waals surface area contributed by atoms with Crippen molar-refractivity contribution in [1.82, 2.24) is 15.0 Å². The van der Waals surface area contributed by atoms with Gasteiger partial charge >= 0.3 is 12.1 Å². The first kappa shape index (κ1) is 37.5. The summed E-state index contributed by atoms with van der Waals surface area (Å²) in [4.78, 5) is 31.3. The van der Waals surface area contributed by atoms with Gasteiger partial charge in [-0.3, -0.25) is 4.79 Å². The van der Waals surface area contributed by atoms with Crippen molar-refractivity contribution < 1.29 is 41.7 Å². The molecule has 1 aliphatic carbocycles. The number of halogens is 3. The van der Waals surface area contributed by atoms with Crippen molar-refractivity contribution >= 4 is 17.6 Å². The average molecular weight is 709 g/mol. The molecule has 4 aromatic rings. The summed E-state index contributed by atoms with van der Waals surface area (Å²) in [6.07, 6.45) is 1.26. The van der Waals surface area contributed by atoms with Gasteiger partial charge in [-0.2, -0.15) is 28.2 Å². The maximum Gasteiger partial charge on any atom is 0.419 e. The fourth-order valence-electron chi connectivity index (χ4n) is 6.42. The lowest BCUT2D eigenvalue weighted by Gasteiger charge is -2.37. The second kappa shape index (κ2) is 17.0. The van der Waals surface area contributed by atoms with E-state index < -0.39 is 29.5 Å². The number of benzene rings is 3. The molecular weight excluding hydrogens is 665 g/mol. The Bertz CT molecular complexity index is 1750. The van der Waals surface area contributed by atoms with Gasteiger partial charge in [0, 0.05) is 25.7 Å². The van der Waals surface area contributed by atoms with Gasteiger partial charge in [0.2, 0.25) is 5.91 Å². The number of nitrogens with zero attached hydrogens (tertiary/aromatic N) is 4. The number of rotatable bonds is 14. The van der Waals surface area contributed by atoms with Crippen LogP contribution in [-0.4, -0.2) is 60.3 Å². The lowest BCUT2D eigenvalue weighted by molar-refractivity contribution is -0.138. The summed E-state index contributed by atoms with van der Waals surface area (Å²) >= 11 is 0. The number of carbonyl (C=O) groups is 2. The maximum absolute atomic E-state index is 14.4. The largest absolute Gasteiger partial charge is 0.457 e. The number of ether oxygens (including phenoxy) is 4. The summed E-state index contributed by atoms with van der Waals surface area (Å²) < 4.78 is 66.0. The number of alkyl halides is 3. The molecule has 13 heteroatoms. The molecule has 0 atom stereocenters. The smallest absolute Gasteiger partial charge is 0.419 e. The van der Waals surface area contributed by atoms with Gasteiger partial charge in [-0.05, 0) is 73.9 Å². The van der Waals surface area contributed by atoms with Crippen LogP contribution in [0.5, 0.6) is 11.5 Å². The van der Waals surface area contributed by atoms with Crippen molar-refractivity contribution in [3.8, 4) is 11.5 Å². The zero-order valence-corrected chi connectivity index (χ0v) is 29.2. The fraction of sp³-hybridized carbons (Fsp3) is 0.421. The molecule has 3 aromatic carbocycles. The number of aromatic nitrogens is 3. The number of amides is 1. The molecule has 5 rings (SSSR count). The zero-order valence-electron chi connectivity index (χ0n) is 29.2. The van der Waals surface area contributed by atoms with Crippen LogP contribution < -0.4 is 9.64 Å². The Morgan fingerprint density at radius 3 is 2.18 bits per heavy atom. The van der Waals surface area contributed by atoms with Crippen molar-refractivity contribution in [1.29, 1.82) is 0 Å². The summed E-state index contributed by atoms with van der Waals surface area (Å²) in [6.45, 7) is 3.89. The molecule has 0 bridgehead atoms. The van der Waals surface area contributed by atoms with Crippen molar-refractivity contribution in [2.75, 3.05) is 32.3 Å². The van der Waals surface area contributed by atoms with Gasteiger partial charge in [-0.15, -0.1) is 0 Å². The molecule has 0 saturated heterocycles. The third-order valence-electron chi connectivity index (χ3n) is 9.12. The number of esters is 1. The lowest BCUT2D eigenvalue weighted by atomic mass is 9.82. The number of methoxy groups -OCH3 is 2. The Morgan fingerprint density at radius 2 is 1.55 bits per heavy atom. The molecule has 10 nitrogen and oxygen atoms in total. The van der Waals surface area contributed by atoms with E-state index in [1.807, 2.05) is 18.2 Å². The molecule has 1 aromatic heterocycles. The Balaban J connectivity index is 1.59. The SMILES string of the molecule is COCC(COC)N(C(=O)C1CCC(C)CC1)c1ccc(Oc2ccc(Cn3nccn3)cc2C(F)(F)F)c(C)c1C(=O)OCc1ccccc1. The molecule has 1 heterocycles. The van der Waals surface area contributed by atoms with Crippen LogP contribution in [0.2, 0.25) is 0 Å². The van der Waals surface area contributed by atoms with Crippen LogP contribution in [0.15, 0.2) is 73.1 Å². The third kappa shape index (κ3) is 9.33. The molecule has 272 valence electrons. The van der Waals surface area contributed by atoms with Crippen LogP contribution in [0.3, 0.4) is 0 Å². The first-order valence-corrected chi connectivity index (χ1v) is 16.9. The number of anilines is 1. The normalized spacial score (nSPS) is 16.2. The summed E-state index contributed by atoms with van der Waals surface area (Å²) in [5.41, 5.74) is 0.474. The van der Waals surface area contributed by atoms with Crippen LogP contribution in [0.25, 0.3) is 0 Å². The number of hydrogen-bond donors (Lipinski definition) is 0. The van der Waals surface area contributed by atoms with Crippen LogP contribution in [-0.2, 0) is 38.3 Å². The monoisotopic (exact) mass is 708 g/mol. The van der Waals surface area contributed by atoms with E-state index in [0.717, 1.165) is 24.5 Å². The molecule has 1 saturated carbocycles. The standard InChI is InChI=1S/C38H43F3N4O6/c1-25-10-13-29(14-11-25)36(46)45(30(23-48-3)24-49-4)32-15-17-33(26(2)35(32)37(47)50-22-27-8-6-5-7-9-27)51-34-16-12-28(20-31(34)38(39,40)41)21-44-42-18-19-43-44/h5-9,12,15-20,25,29-30H,10-11,13-14,21-24H2,1-4H3. The van der Waals surface area contributed by atoms with Crippen LogP contribution in [0.4, 0.5) is 18.9 Å². The van der Waals surface area contributed by atoms with E-state index in [-0.39, 0.29) is 60.8 Å². The molecule has 0 N–H and O–H groups in total. The molecule has 0 radical (unpaired) electrons. The van der Waals surface area contributed by atoms with Crippen LogP contribution in [0.1, 0.15) is 65.2 Å². The van der Waals surface area contributed by atoms with Gasteiger partial charge in [-0.1, -0.05) is 43.3 Å². The number of hydrogen-bond acceptors (Lipinski definition) is 8. The summed E-state index contributed by atoms with van der Waals surface area (Å²) in [7, 11) is 3.03. The van der Waals surface area contributed by atoms with E-state index in [2.05, 4.69) is 17.1 Å². The van der Waals surface area contributed by atoms with Crippen LogP contribution in [0, 0.1) is 18.8 Å². The third-order valence-corrected chi connectivity index (χ3v) is 9.12. The lowest BCUT2D eigenvalue weighted by Crippen LogP contribution is -2.49. The van der Waals surface area contributed by atoms with Crippen molar-refractivity contribution in [2.45, 2.75) is 64.9 Å². The summed E-state index contributed by atoms with van der Waals surface area (Å²) in [6, 6.07) is 15.2. The minimum absolute atomic E-state index is 0.00639. The Hall–Kier alpha value is -4.75. The van der Waals surface area contributed by atoms with Gasteiger partial charge in [0.25, 0.3) is 0 Å². The van der Waals surface area contributed by atoms with Gasteiger partial charge in [0.1, 0.15) is 18.1 Å². The molecule has 1 fully saturated rings. The van der Waals surface area contributed by atoms with E-state index in [1.54, 1.807) is 24.0 Å². The van der Waals surface area contributed by atoms with E-state index in [9.17, 15) is 22.8 Å². The van der Waals surface area contributed by atoms with Gasteiger partial charge in [0.15, 0.2) is 0 Å². The Labute approximate surface area is 295 Å². The Morgan fingerprint density at radius 1 is 0.902 bits per heavy atom. The van der Waals surface area contributed by atoms with Crippen LogP contribution >= 0.6 is 0 Å². The highest BCUT2D eigenvalue weighted by Gasteiger charge is 2.38. The molecular formula is C38H43F3N4O6. The van der Waals surface area contributed by atoms with Crippen molar-refractivity contribution in [2.24, 2.45) is 11.8 Å². The highest BCUT2D eigenvalue weighted by molar-refractivity contribution is 6.05. The van der Waals surface area contributed by atoms with E-state index in [0.29, 0.717) is 24.3 Å². The number of carbonyl (C=O) groups excluding carboxylic acids is 2. The minimum Gasteiger partial charge on any atom is -0.457 e. The molecule has 0 unspecified atom stereocenters. The predicted octanol–water partition coefficient (Wildman–Crippen LogP) is 7.62. The van der Waals surface area contributed by atoms with Crippen molar-refractivity contribution in [3.05, 3.63) is 101 Å². The summed E-state index contributed by atoms with van der Waals surface area (Å²) in [5, 5.41) is 7.95. The average Bonchev–Trinajstić information content (AvgIpc) is 3.62. The molecule has 1 aliphatic rings. The van der Waals surface area contributed by atoms with E-state index in [1.165, 1.54) is 55.7 Å². The van der Waals surface area contributed by atoms with Gasteiger partial charge in [0.05, 0.1) is 55.0 Å². The molecule has 0 aliphatic heterocycles. The van der Waals surface area contributed by atoms with Gasteiger partial charge in [-0.25, -0.2) is 4.79 Å². The second-order valence-electron chi connectivity index (χ2n) is 12.9. The van der Waals surface area contributed by atoms with Crippen molar-refractivity contribution in [3.63, 3.8) is 0 Å².